The van der Waals surface area contributed by atoms with Gasteiger partial charge in [0.15, 0.2) is 0 Å². The molecule has 2 aliphatic rings. The maximum Gasteiger partial charge on any atom is 0.416 e. The van der Waals surface area contributed by atoms with Gasteiger partial charge in [0, 0.05) is 63.5 Å². The van der Waals surface area contributed by atoms with Crippen molar-refractivity contribution >= 4 is 23.9 Å². The van der Waals surface area contributed by atoms with Gasteiger partial charge in [0.1, 0.15) is 11.6 Å². The van der Waals surface area contributed by atoms with Crippen molar-refractivity contribution in [2.45, 2.75) is 101 Å². The molecule has 24 heteroatoms. The van der Waals surface area contributed by atoms with Gasteiger partial charge in [0.05, 0.1) is 34.3 Å². The lowest BCUT2D eigenvalue weighted by atomic mass is 9.89. The van der Waals surface area contributed by atoms with Gasteiger partial charge in [-0.1, -0.05) is 48.5 Å². The van der Waals surface area contributed by atoms with Crippen molar-refractivity contribution in [3.05, 3.63) is 212 Å². The van der Waals surface area contributed by atoms with Crippen molar-refractivity contribution in [3.63, 3.8) is 0 Å². The summed E-state index contributed by atoms with van der Waals surface area (Å²) in [6, 6.07) is 24.3. The second kappa shape index (κ2) is 25.8. The molecule has 0 saturated carbocycles. The van der Waals surface area contributed by atoms with Crippen LogP contribution in [0, 0.1) is 25.5 Å². The maximum absolute atomic E-state index is 13.9. The highest BCUT2D eigenvalue weighted by Crippen LogP contribution is 2.40. The maximum atomic E-state index is 13.9. The summed E-state index contributed by atoms with van der Waals surface area (Å²) in [6.45, 7) is 2.54. The van der Waals surface area contributed by atoms with Crippen molar-refractivity contribution in [1.82, 2.24) is 30.2 Å². The van der Waals surface area contributed by atoms with Crippen LogP contribution in [0.5, 0.6) is 0 Å². The van der Waals surface area contributed by atoms with Gasteiger partial charge in [0.25, 0.3) is 11.8 Å². The van der Waals surface area contributed by atoms with E-state index in [1.54, 1.807) is 74.5 Å². The minimum absolute atomic E-state index is 0.0349. The SMILES string of the molecule is Cc1cc(F)ccc1[C@@H]1C[C@@H](NC(=O)c2ccccc2)CCN1C(=O)N(C)Cc1cc(C(F)(F)F)cc(C(F)(F)F)c1.Cc1cc(F)ccc1[C@H]1C[C@H](NC(=O)c2ccccc2)CCN1C(=O)N(C)Cc1cc(C(F)(F)F)cc(C(F)(F)F)c1. The van der Waals surface area contributed by atoms with Crippen LogP contribution in [-0.4, -0.2) is 82.7 Å². The molecule has 0 unspecified atom stereocenters. The molecule has 2 heterocycles. The average molecular weight is 1190 g/mol. The average Bonchev–Trinajstić information content (AvgIpc) is 1.77. The highest BCUT2D eigenvalue weighted by Gasteiger charge is 2.41. The molecule has 2 aliphatic heterocycles. The molecule has 0 spiro atoms. The first kappa shape index (κ1) is 63.4. The number of rotatable bonds is 10. The van der Waals surface area contributed by atoms with Gasteiger partial charge in [-0.15, -0.1) is 0 Å². The van der Waals surface area contributed by atoms with E-state index in [0.29, 0.717) is 70.5 Å². The zero-order valence-electron chi connectivity index (χ0n) is 45.4. The van der Waals surface area contributed by atoms with Gasteiger partial charge in [0.2, 0.25) is 0 Å². The first-order valence-electron chi connectivity index (χ1n) is 26.1. The van der Waals surface area contributed by atoms with Crippen molar-refractivity contribution in [2.24, 2.45) is 0 Å². The van der Waals surface area contributed by atoms with E-state index in [1.807, 2.05) is 0 Å². The number of nitrogens with zero attached hydrogens (tertiary/aromatic N) is 4. The van der Waals surface area contributed by atoms with Crippen LogP contribution >= 0.6 is 0 Å². The summed E-state index contributed by atoms with van der Waals surface area (Å²) in [5.74, 6) is -1.59. The molecule has 2 fully saturated rings. The molecule has 4 atom stereocenters. The van der Waals surface area contributed by atoms with Crippen LogP contribution in [-0.2, 0) is 37.8 Å². The van der Waals surface area contributed by atoms with Gasteiger partial charge >= 0.3 is 36.8 Å². The molecule has 0 aromatic heterocycles. The fourth-order valence-corrected chi connectivity index (χ4v) is 10.3. The highest BCUT2D eigenvalue weighted by molar-refractivity contribution is 5.95. The molecular weight excluding hydrogens is 1130 g/mol. The van der Waals surface area contributed by atoms with E-state index in [9.17, 15) is 80.6 Å². The van der Waals surface area contributed by atoms with Crippen LogP contribution in [0.1, 0.15) is 114 Å². The fourth-order valence-electron chi connectivity index (χ4n) is 10.3. The lowest BCUT2D eigenvalue weighted by molar-refractivity contribution is -0.144. The smallest absolute Gasteiger partial charge is 0.349 e. The number of nitrogens with one attached hydrogen (secondary N) is 2. The molecule has 6 aromatic carbocycles. The lowest BCUT2D eigenvalue weighted by Gasteiger charge is -2.42. The van der Waals surface area contributed by atoms with E-state index in [0.717, 1.165) is 9.80 Å². The minimum Gasteiger partial charge on any atom is -0.349 e. The Morgan fingerprint density at radius 2 is 0.774 bits per heavy atom. The topological polar surface area (TPSA) is 105 Å². The molecule has 6 aromatic rings. The Balaban J connectivity index is 0.000000241. The van der Waals surface area contributed by atoms with Gasteiger partial charge in [-0.05, 0) is 158 Å². The number of hydrogen-bond acceptors (Lipinski definition) is 4. The van der Waals surface area contributed by atoms with Gasteiger partial charge in [-0.3, -0.25) is 9.59 Å². The summed E-state index contributed by atoms with van der Waals surface area (Å²) < 4.78 is 188. The second-order valence-electron chi connectivity index (χ2n) is 20.6. The summed E-state index contributed by atoms with van der Waals surface area (Å²) in [7, 11) is 2.57. The summed E-state index contributed by atoms with van der Waals surface area (Å²) in [4.78, 5) is 57.8. The number of carbonyl (C=O) groups is 4. The van der Waals surface area contributed by atoms with Crippen molar-refractivity contribution < 1.29 is 80.6 Å². The Bertz CT molecular complexity index is 3040. The Morgan fingerprint density at radius 1 is 0.464 bits per heavy atom. The molecule has 2 N–H and O–H groups in total. The van der Waals surface area contributed by atoms with E-state index >= 15 is 0 Å². The molecule has 0 radical (unpaired) electrons. The van der Waals surface area contributed by atoms with Crippen molar-refractivity contribution in [1.29, 1.82) is 0 Å². The molecule has 448 valence electrons. The number of urea groups is 2. The van der Waals surface area contributed by atoms with E-state index in [-0.39, 0.29) is 73.1 Å². The number of likely N-dealkylation sites (tertiary alicyclic amines) is 2. The van der Waals surface area contributed by atoms with Crippen LogP contribution in [0.25, 0.3) is 0 Å². The number of alkyl halides is 12. The zero-order chi connectivity index (χ0) is 61.6. The van der Waals surface area contributed by atoms with Gasteiger partial charge < -0.3 is 30.2 Å². The Morgan fingerprint density at radius 3 is 1.06 bits per heavy atom. The molecule has 2 saturated heterocycles. The Labute approximate surface area is 474 Å². The standard InChI is InChI=1S/2C30H28F7N3O2/c2*1-18-12-23(31)8-9-25(18)26-16-24(38-27(41)20-6-4-3-5-7-20)10-11-40(26)28(42)39(2)17-19-13-21(29(32,33)34)15-22(14-19)30(35,36)37/h2*3-9,12-15,24,26H,10-11,16-17H2,1-2H3,(H,38,41)/t2*24-,26-/m10/s1. The number of hydrogen-bond donors (Lipinski definition) is 2. The summed E-state index contributed by atoms with van der Waals surface area (Å²) in [6.07, 6.45) is -18.9. The summed E-state index contributed by atoms with van der Waals surface area (Å²) in [5.41, 5.74) is -3.36. The molecule has 0 bridgehead atoms. The predicted molar refractivity (Wildman–Crippen MR) is 282 cm³/mol. The second-order valence-corrected chi connectivity index (χ2v) is 20.6. The normalized spacial score (nSPS) is 17.6. The van der Waals surface area contributed by atoms with Crippen molar-refractivity contribution in [2.75, 3.05) is 27.2 Å². The van der Waals surface area contributed by atoms with E-state index in [1.165, 1.54) is 60.3 Å². The lowest BCUT2D eigenvalue weighted by Crippen LogP contribution is -2.51. The van der Waals surface area contributed by atoms with Gasteiger partial charge in [-0.25, -0.2) is 18.4 Å². The number of carbonyl (C=O) groups excluding carboxylic acids is 4. The van der Waals surface area contributed by atoms with Gasteiger partial charge in [-0.2, -0.15) is 52.7 Å². The van der Waals surface area contributed by atoms with E-state index in [2.05, 4.69) is 10.6 Å². The minimum atomic E-state index is -5.02. The van der Waals surface area contributed by atoms with Crippen LogP contribution in [0.15, 0.2) is 133 Å². The fraction of sp³-hybridized carbons (Fsp3) is 0.333. The molecule has 10 nitrogen and oxygen atoms in total. The van der Waals surface area contributed by atoms with Crippen LogP contribution in [0.2, 0.25) is 0 Å². The Hall–Kier alpha value is -8.18. The number of aryl methyl sites for hydroxylation is 2. The zero-order valence-corrected chi connectivity index (χ0v) is 45.4. The third-order valence-electron chi connectivity index (χ3n) is 14.4. The van der Waals surface area contributed by atoms with Crippen LogP contribution < -0.4 is 10.6 Å². The number of halogens is 14. The third kappa shape index (κ3) is 16.1. The third-order valence-corrected chi connectivity index (χ3v) is 14.4. The largest absolute Gasteiger partial charge is 0.416 e. The molecule has 8 rings (SSSR count). The monoisotopic (exact) mass is 1190 g/mol. The molecule has 0 aliphatic carbocycles. The summed E-state index contributed by atoms with van der Waals surface area (Å²) in [5, 5.41) is 5.91. The van der Waals surface area contributed by atoms with Crippen LogP contribution in [0.3, 0.4) is 0 Å². The molecular formula is C60H56F14N6O4. The van der Waals surface area contributed by atoms with Crippen LogP contribution in [0.4, 0.5) is 71.1 Å². The van der Waals surface area contributed by atoms with E-state index < -0.39 is 95.8 Å². The first-order valence-corrected chi connectivity index (χ1v) is 26.1. The van der Waals surface area contributed by atoms with Crippen molar-refractivity contribution in [3.8, 4) is 0 Å². The molecule has 6 amide bonds. The molecule has 84 heavy (non-hydrogen) atoms. The first-order chi connectivity index (χ1) is 39.3. The Kier molecular flexibility index (Phi) is 19.4. The summed E-state index contributed by atoms with van der Waals surface area (Å²) >= 11 is 0. The number of benzene rings is 6. The number of amides is 6. The predicted octanol–water partition coefficient (Wildman–Crippen LogP) is 14.7. The van der Waals surface area contributed by atoms with E-state index in [4.69, 9.17) is 0 Å². The number of piperidine rings is 2. The quantitative estimate of drug-likeness (QED) is 0.133. The highest BCUT2D eigenvalue weighted by atomic mass is 19.4.